The van der Waals surface area contributed by atoms with E-state index < -0.39 is 0 Å². The first-order chi connectivity index (χ1) is 27.3. The Balaban J connectivity index is 1.27. The van der Waals surface area contributed by atoms with Crippen LogP contribution in [0.3, 0.4) is 0 Å². The van der Waals surface area contributed by atoms with Gasteiger partial charge in [0.25, 0.3) is 0 Å². The Morgan fingerprint density at radius 1 is 0.327 bits per heavy atom. The Morgan fingerprint density at radius 2 is 0.891 bits per heavy atom. The van der Waals surface area contributed by atoms with Crippen molar-refractivity contribution in [2.45, 2.75) is 25.7 Å². The fraction of sp³-hybridized carbons (Fsp3) is 0.0741. The van der Waals surface area contributed by atoms with Gasteiger partial charge in [0.1, 0.15) is 0 Å². The molecule has 1 aliphatic rings. The van der Waals surface area contributed by atoms with Crippen molar-refractivity contribution in [3.05, 3.63) is 168 Å². The molecule has 0 bridgehead atoms. The number of hydrogen-bond donors (Lipinski definition) is 0. The summed E-state index contributed by atoms with van der Waals surface area (Å²) >= 11 is 2.05. The third-order valence-corrected chi connectivity index (χ3v) is 14.3. The number of aryl methyl sites for hydroxylation is 2. The zero-order chi connectivity index (χ0) is 35.8. The molecule has 0 amide bonds. The lowest BCUT2D eigenvalue weighted by Crippen LogP contribution is -1.97. The molecule has 0 atom stereocenters. The van der Waals surface area contributed by atoms with E-state index >= 15 is 0 Å². The first kappa shape index (κ1) is 30.1. The highest BCUT2D eigenvalue weighted by Gasteiger charge is 2.27. The van der Waals surface area contributed by atoms with E-state index in [0.717, 1.165) is 0 Å². The molecular formula is C54H34S. The monoisotopic (exact) mass is 714 g/mol. The normalized spacial score (nSPS) is 13.5. The lowest BCUT2D eigenvalue weighted by Gasteiger charge is -2.19. The van der Waals surface area contributed by atoms with Crippen molar-refractivity contribution in [3.63, 3.8) is 0 Å². The summed E-state index contributed by atoms with van der Waals surface area (Å²) in [6.45, 7) is 0. The van der Waals surface area contributed by atoms with Crippen LogP contribution >= 0.6 is 11.3 Å². The smallest absolute Gasteiger partial charge is 0.0427 e. The van der Waals surface area contributed by atoms with E-state index in [1.54, 1.807) is 10.4 Å². The Bertz CT molecular complexity index is 3510. The molecule has 55 heavy (non-hydrogen) atoms. The molecule has 1 heterocycles. The van der Waals surface area contributed by atoms with Crippen LogP contribution in [0.15, 0.2) is 158 Å². The van der Waals surface area contributed by atoms with Crippen LogP contribution in [0.25, 0.3) is 119 Å². The number of fused-ring (bicyclic) bond motifs is 11. The van der Waals surface area contributed by atoms with Gasteiger partial charge in [0, 0.05) is 15.1 Å². The standard InChI is InChI=1S/C54H34S/c1-3-14-31(15-4-1)47-45-30-44-34-19-8-7-18-33(34)37-21-11-25-41(50(37)44)51(45)48(32-16-5-2-6-17-32)53-43-29-28-35(38-22-12-26-42(49(38)43)52(47)53)39-23-13-24-40-36-20-9-10-27-46(36)55-54(39)40/h1-8,11-19,21-26,28-30H,9-10,20,27H2. The first-order valence-corrected chi connectivity index (χ1v) is 20.6. The van der Waals surface area contributed by atoms with Crippen molar-refractivity contribution in [2.24, 2.45) is 0 Å². The molecule has 0 spiro atoms. The molecule has 0 unspecified atom stereocenters. The minimum absolute atomic E-state index is 1.21. The predicted octanol–water partition coefficient (Wildman–Crippen LogP) is 15.7. The van der Waals surface area contributed by atoms with Gasteiger partial charge in [0.15, 0.2) is 0 Å². The van der Waals surface area contributed by atoms with Crippen molar-refractivity contribution in [2.75, 3.05) is 0 Å². The van der Waals surface area contributed by atoms with Gasteiger partial charge >= 0.3 is 0 Å². The van der Waals surface area contributed by atoms with Crippen LogP contribution in [0.5, 0.6) is 0 Å². The van der Waals surface area contributed by atoms with E-state index in [2.05, 4.69) is 158 Å². The Kier molecular flexibility index (Phi) is 6.09. The van der Waals surface area contributed by atoms with Crippen molar-refractivity contribution in [1.29, 1.82) is 0 Å². The maximum absolute atomic E-state index is 2.54. The minimum atomic E-state index is 1.21. The molecule has 11 aromatic carbocycles. The predicted molar refractivity (Wildman–Crippen MR) is 240 cm³/mol. The van der Waals surface area contributed by atoms with Gasteiger partial charge in [0.05, 0.1) is 0 Å². The molecule has 256 valence electrons. The maximum atomic E-state index is 2.54. The summed E-state index contributed by atoms with van der Waals surface area (Å²) in [6.07, 6.45) is 5.03. The molecular weight excluding hydrogens is 681 g/mol. The van der Waals surface area contributed by atoms with Gasteiger partial charge < -0.3 is 0 Å². The largest absolute Gasteiger partial charge is 0.139 e. The molecule has 1 aromatic heterocycles. The van der Waals surface area contributed by atoms with Gasteiger partial charge in [-0.3, -0.25) is 0 Å². The summed E-state index contributed by atoms with van der Waals surface area (Å²) < 4.78 is 1.45. The molecule has 1 heteroatoms. The van der Waals surface area contributed by atoms with E-state index in [9.17, 15) is 0 Å². The number of hydrogen-bond acceptors (Lipinski definition) is 1. The topological polar surface area (TPSA) is 0 Å². The van der Waals surface area contributed by atoms with Crippen molar-refractivity contribution >= 4 is 96.8 Å². The lowest BCUT2D eigenvalue weighted by molar-refractivity contribution is 0.700. The number of thiophene rings is 1. The second-order valence-electron chi connectivity index (χ2n) is 15.6. The third kappa shape index (κ3) is 3.96. The minimum Gasteiger partial charge on any atom is -0.139 e. The van der Waals surface area contributed by atoms with E-state index in [1.807, 2.05) is 11.3 Å². The fourth-order valence-electron chi connectivity index (χ4n) is 10.7. The molecule has 13 rings (SSSR count). The summed E-state index contributed by atoms with van der Waals surface area (Å²) in [5, 5.41) is 20.3. The zero-order valence-corrected chi connectivity index (χ0v) is 31.1. The molecule has 0 N–H and O–H groups in total. The summed E-state index contributed by atoms with van der Waals surface area (Å²) in [5.41, 5.74) is 9.50. The summed E-state index contributed by atoms with van der Waals surface area (Å²) in [6, 6.07) is 59.9. The van der Waals surface area contributed by atoms with Crippen LogP contribution in [-0.4, -0.2) is 0 Å². The van der Waals surface area contributed by atoms with E-state index in [-0.39, 0.29) is 0 Å². The van der Waals surface area contributed by atoms with E-state index in [4.69, 9.17) is 0 Å². The van der Waals surface area contributed by atoms with Crippen molar-refractivity contribution in [1.82, 2.24) is 0 Å². The summed E-state index contributed by atoms with van der Waals surface area (Å²) in [7, 11) is 0. The van der Waals surface area contributed by atoms with Crippen LogP contribution in [0.4, 0.5) is 0 Å². The third-order valence-electron chi connectivity index (χ3n) is 12.9. The van der Waals surface area contributed by atoms with Gasteiger partial charge in [0.2, 0.25) is 0 Å². The van der Waals surface area contributed by atoms with Gasteiger partial charge in [-0.15, -0.1) is 11.3 Å². The van der Waals surface area contributed by atoms with Crippen molar-refractivity contribution in [3.8, 4) is 33.4 Å². The van der Waals surface area contributed by atoms with Crippen LogP contribution in [0.2, 0.25) is 0 Å². The maximum Gasteiger partial charge on any atom is 0.0427 e. The quantitative estimate of drug-likeness (QED) is 0.160. The summed E-state index contributed by atoms with van der Waals surface area (Å²) in [4.78, 5) is 1.60. The Hall–Kier alpha value is -6.28. The van der Waals surface area contributed by atoms with Crippen LogP contribution in [-0.2, 0) is 12.8 Å². The summed E-state index contributed by atoms with van der Waals surface area (Å²) in [5.74, 6) is 0. The molecule has 0 aliphatic heterocycles. The van der Waals surface area contributed by atoms with Crippen LogP contribution in [0.1, 0.15) is 23.3 Å². The molecule has 12 aromatic rings. The lowest BCUT2D eigenvalue weighted by atomic mass is 9.84. The second kappa shape index (κ2) is 11.1. The van der Waals surface area contributed by atoms with Crippen molar-refractivity contribution < 1.29 is 0 Å². The van der Waals surface area contributed by atoms with Gasteiger partial charge in [-0.2, -0.15) is 0 Å². The Labute approximate surface area is 322 Å². The van der Waals surface area contributed by atoms with Crippen LogP contribution < -0.4 is 0 Å². The van der Waals surface area contributed by atoms with E-state index in [1.165, 1.54) is 145 Å². The first-order valence-electron chi connectivity index (χ1n) is 19.7. The molecule has 1 aliphatic carbocycles. The number of benzene rings is 9. The van der Waals surface area contributed by atoms with Gasteiger partial charge in [-0.25, -0.2) is 0 Å². The second-order valence-corrected chi connectivity index (χ2v) is 16.7. The molecule has 0 fully saturated rings. The average Bonchev–Trinajstić information content (AvgIpc) is 3.91. The molecule has 0 saturated carbocycles. The zero-order valence-electron chi connectivity index (χ0n) is 30.2. The van der Waals surface area contributed by atoms with Crippen LogP contribution in [0, 0.1) is 0 Å². The van der Waals surface area contributed by atoms with Gasteiger partial charge in [-0.1, -0.05) is 152 Å². The molecule has 0 saturated heterocycles. The molecule has 0 radical (unpaired) electrons. The highest BCUT2D eigenvalue weighted by atomic mass is 32.1. The van der Waals surface area contributed by atoms with E-state index in [0.29, 0.717) is 0 Å². The molecule has 0 nitrogen and oxygen atoms in total. The number of rotatable bonds is 3. The van der Waals surface area contributed by atoms with Gasteiger partial charge in [-0.05, 0) is 146 Å². The highest BCUT2D eigenvalue weighted by molar-refractivity contribution is 7.20. The fourth-order valence-corrected chi connectivity index (χ4v) is 12.2. The SMILES string of the molecule is c1ccc(-c2c3cc4c5ccccc5c5cccc(c3c(-c3ccccc3)c3c6ccc(-c7cccc8c9c(sc78)CCCC9)c7cccc(c23)c76)c54)cc1. The highest BCUT2D eigenvalue weighted by Crippen LogP contribution is 2.55. The average molecular weight is 715 g/mol. The Morgan fingerprint density at radius 3 is 1.69 bits per heavy atom.